The van der Waals surface area contributed by atoms with Crippen molar-refractivity contribution in [2.45, 2.75) is 32.0 Å². The molecule has 7 heteroatoms. The Morgan fingerprint density at radius 2 is 1.82 bits per heavy atom. The molecule has 0 radical (unpaired) electrons. The Labute approximate surface area is 192 Å². The number of ether oxygens (including phenoxy) is 2. The summed E-state index contributed by atoms with van der Waals surface area (Å²) >= 11 is 0. The number of benzene rings is 3. The van der Waals surface area contributed by atoms with Gasteiger partial charge < -0.3 is 14.4 Å². The maximum atomic E-state index is 13.4. The fourth-order valence-corrected chi connectivity index (χ4v) is 4.07. The smallest absolute Gasteiger partial charge is 0.254 e. The van der Waals surface area contributed by atoms with Crippen molar-refractivity contribution < 1.29 is 14.3 Å². The molecule has 168 valence electrons. The van der Waals surface area contributed by atoms with Crippen molar-refractivity contribution in [2.75, 3.05) is 14.2 Å². The van der Waals surface area contributed by atoms with Crippen molar-refractivity contribution in [3.05, 3.63) is 83.4 Å². The highest BCUT2D eigenvalue weighted by atomic mass is 16.5. The van der Waals surface area contributed by atoms with Gasteiger partial charge in [0.2, 0.25) is 0 Å². The number of hydrogen-bond acceptors (Lipinski definition) is 5. The molecule has 0 aliphatic heterocycles. The summed E-state index contributed by atoms with van der Waals surface area (Å²) in [6, 6.07) is 21.6. The number of hydrogen-bond donors (Lipinski definition) is 0. The Bertz CT molecular complexity index is 1280. The zero-order valence-electron chi connectivity index (χ0n) is 18.8. The summed E-state index contributed by atoms with van der Waals surface area (Å²) < 4.78 is 12.8. The fraction of sp³-hybridized carbons (Fsp3) is 0.269. The lowest BCUT2D eigenvalue weighted by molar-refractivity contribution is 0.0728. The summed E-state index contributed by atoms with van der Waals surface area (Å²) in [5, 5.41) is 8.46. The minimum Gasteiger partial charge on any atom is -0.497 e. The average Bonchev–Trinajstić information content (AvgIpc) is 3.63. The summed E-state index contributed by atoms with van der Waals surface area (Å²) in [5.74, 6) is 1.53. The van der Waals surface area contributed by atoms with Crippen LogP contribution >= 0.6 is 0 Å². The van der Waals surface area contributed by atoms with Gasteiger partial charge in [0.1, 0.15) is 17.0 Å². The van der Waals surface area contributed by atoms with E-state index in [1.54, 1.807) is 14.2 Å². The molecule has 0 unspecified atom stereocenters. The van der Waals surface area contributed by atoms with Gasteiger partial charge in [-0.15, -0.1) is 5.10 Å². The van der Waals surface area contributed by atoms with Gasteiger partial charge in [0.05, 0.1) is 32.8 Å². The van der Waals surface area contributed by atoms with Crippen LogP contribution in [0, 0.1) is 0 Å². The third kappa shape index (κ3) is 4.39. The van der Waals surface area contributed by atoms with Crippen LogP contribution < -0.4 is 9.47 Å². The molecule has 1 fully saturated rings. The molecule has 5 rings (SSSR count). The second-order valence-corrected chi connectivity index (χ2v) is 8.27. The quantitative estimate of drug-likeness (QED) is 0.407. The summed E-state index contributed by atoms with van der Waals surface area (Å²) in [6.45, 7) is 1.08. The summed E-state index contributed by atoms with van der Waals surface area (Å²) in [4.78, 5) is 15.4. The van der Waals surface area contributed by atoms with Crippen LogP contribution in [0.1, 0.15) is 34.3 Å². The number of rotatable bonds is 8. The normalized spacial score (nSPS) is 13.2. The van der Waals surface area contributed by atoms with Gasteiger partial charge in [-0.2, -0.15) is 0 Å². The molecule has 1 heterocycles. The van der Waals surface area contributed by atoms with E-state index in [9.17, 15) is 4.79 Å². The lowest BCUT2D eigenvalue weighted by Gasteiger charge is -2.24. The Morgan fingerprint density at radius 1 is 1.03 bits per heavy atom. The van der Waals surface area contributed by atoms with Gasteiger partial charge in [-0.25, -0.2) is 4.68 Å². The first-order valence-electron chi connectivity index (χ1n) is 11.1. The summed E-state index contributed by atoms with van der Waals surface area (Å²) in [6.07, 6.45) is 2.05. The first-order valence-corrected chi connectivity index (χ1v) is 11.1. The third-order valence-corrected chi connectivity index (χ3v) is 6.03. The van der Waals surface area contributed by atoms with E-state index >= 15 is 0 Å². The van der Waals surface area contributed by atoms with Gasteiger partial charge in [-0.05, 0) is 60.9 Å². The predicted octanol–water partition coefficient (Wildman–Crippen LogP) is 4.30. The Morgan fingerprint density at radius 3 is 2.55 bits per heavy atom. The van der Waals surface area contributed by atoms with Crippen molar-refractivity contribution >= 4 is 16.9 Å². The van der Waals surface area contributed by atoms with Crippen molar-refractivity contribution in [1.82, 2.24) is 19.9 Å². The molecular formula is C26H26N4O3. The van der Waals surface area contributed by atoms with E-state index in [0.29, 0.717) is 18.7 Å². The standard InChI is InChI=1S/C26H26N4O3/c1-32-22-13-14-25(33-2)20(15-22)17-29(21-11-12-21)26(31)19-9-7-18(8-10-19)16-30-24-6-4-3-5-23(24)27-28-30/h3-10,13-15,21H,11-12,16-17H2,1-2H3. The molecule has 3 aromatic carbocycles. The Balaban J connectivity index is 1.34. The number of nitrogens with zero attached hydrogens (tertiary/aromatic N) is 4. The highest BCUT2D eigenvalue weighted by molar-refractivity contribution is 5.94. The average molecular weight is 443 g/mol. The fourth-order valence-electron chi connectivity index (χ4n) is 4.07. The molecule has 1 aliphatic rings. The van der Waals surface area contributed by atoms with Gasteiger partial charge in [-0.1, -0.05) is 29.5 Å². The van der Waals surface area contributed by atoms with E-state index in [1.807, 2.05) is 76.3 Å². The van der Waals surface area contributed by atoms with Crippen LogP contribution in [0.2, 0.25) is 0 Å². The SMILES string of the molecule is COc1ccc(OC)c(CN(C(=O)c2ccc(Cn3nnc4ccccc43)cc2)C2CC2)c1. The minimum absolute atomic E-state index is 0.0279. The lowest BCUT2D eigenvalue weighted by Crippen LogP contribution is -2.32. The van der Waals surface area contributed by atoms with Crippen molar-refractivity contribution in [3.8, 4) is 11.5 Å². The Kier molecular flexibility index (Phi) is 5.69. The Hall–Kier alpha value is -3.87. The number of aromatic nitrogens is 3. The van der Waals surface area contributed by atoms with Crippen molar-refractivity contribution in [3.63, 3.8) is 0 Å². The second-order valence-electron chi connectivity index (χ2n) is 8.27. The minimum atomic E-state index is 0.0279. The molecule has 4 aromatic rings. The number of methoxy groups -OCH3 is 2. The maximum Gasteiger partial charge on any atom is 0.254 e. The van der Waals surface area contributed by atoms with Gasteiger partial charge in [0.15, 0.2) is 0 Å². The lowest BCUT2D eigenvalue weighted by atomic mass is 10.1. The highest BCUT2D eigenvalue weighted by Crippen LogP contribution is 2.33. The van der Waals surface area contributed by atoms with Crippen LogP contribution in [-0.4, -0.2) is 46.1 Å². The third-order valence-electron chi connectivity index (χ3n) is 6.03. The first kappa shape index (κ1) is 21.0. The molecule has 0 spiro atoms. The zero-order valence-corrected chi connectivity index (χ0v) is 18.8. The summed E-state index contributed by atoms with van der Waals surface area (Å²) in [7, 11) is 3.28. The molecule has 0 atom stereocenters. The van der Waals surface area contributed by atoms with Crippen molar-refractivity contribution in [1.29, 1.82) is 0 Å². The number of amides is 1. The number of carbonyl (C=O) groups is 1. The van der Waals surface area contributed by atoms with Gasteiger partial charge >= 0.3 is 0 Å². The van der Waals surface area contributed by atoms with Gasteiger partial charge in [-0.3, -0.25) is 4.79 Å². The second kappa shape index (κ2) is 8.94. The molecule has 33 heavy (non-hydrogen) atoms. The molecule has 1 saturated carbocycles. The predicted molar refractivity (Wildman–Crippen MR) is 126 cm³/mol. The molecule has 0 N–H and O–H groups in total. The zero-order chi connectivity index (χ0) is 22.8. The monoisotopic (exact) mass is 442 g/mol. The van der Waals surface area contributed by atoms with E-state index in [0.717, 1.165) is 46.5 Å². The number of carbonyl (C=O) groups excluding carboxylic acids is 1. The first-order chi connectivity index (χ1) is 16.2. The van der Waals surface area contributed by atoms with E-state index in [2.05, 4.69) is 10.3 Å². The largest absolute Gasteiger partial charge is 0.497 e. The number of para-hydroxylation sites is 1. The maximum absolute atomic E-state index is 13.4. The van der Waals surface area contributed by atoms with Crippen molar-refractivity contribution in [2.24, 2.45) is 0 Å². The van der Waals surface area contributed by atoms with Crippen LogP contribution in [0.3, 0.4) is 0 Å². The molecule has 0 saturated heterocycles. The van der Waals surface area contributed by atoms with Gasteiger partial charge in [0, 0.05) is 17.2 Å². The molecular weight excluding hydrogens is 416 g/mol. The molecule has 7 nitrogen and oxygen atoms in total. The van der Waals surface area contributed by atoms with Crippen LogP contribution in [0.5, 0.6) is 11.5 Å². The van der Waals surface area contributed by atoms with E-state index in [1.165, 1.54) is 0 Å². The highest BCUT2D eigenvalue weighted by Gasteiger charge is 2.33. The van der Waals surface area contributed by atoms with Crippen LogP contribution in [0.15, 0.2) is 66.7 Å². The van der Waals surface area contributed by atoms with E-state index in [-0.39, 0.29) is 11.9 Å². The molecule has 1 aromatic heterocycles. The van der Waals surface area contributed by atoms with Gasteiger partial charge in [0.25, 0.3) is 5.91 Å². The van der Waals surface area contributed by atoms with E-state index in [4.69, 9.17) is 9.47 Å². The van der Waals surface area contributed by atoms with Crippen LogP contribution in [-0.2, 0) is 13.1 Å². The van der Waals surface area contributed by atoms with Crippen LogP contribution in [0.25, 0.3) is 11.0 Å². The molecule has 1 aliphatic carbocycles. The topological polar surface area (TPSA) is 69.5 Å². The van der Waals surface area contributed by atoms with E-state index < -0.39 is 0 Å². The molecule has 1 amide bonds. The number of fused-ring (bicyclic) bond motifs is 1. The van der Waals surface area contributed by atoms with Crippen LogP contribution in [0.4, 0.5) is 0 Å². The molecule has 0 bridgehead atoms. The summed E-state index contributed by atoms with van der Waals surface area (Å²) in [5.41, 5.74) is 4.54.